The number of nitrogens with two attached hydrogens (primary N) is 1. The van der Waals surface area contributed by atoms with Crippen molar-refractivity contribution in [3.05, 3.63) is 35.4 Å². The van der Waals surface area contributed by atoms with E-state index in [0.717, 1.165) is 11.1 Å². The molecule has 4 N–H and O–H groups in total. The number of Topliss-reactive ketones (excluding diaryl/α,β-unsaturated/α-hetero) is 1. The zero-order valence-corrected chi connectivity index (χ0v) is 22.6. The van der Waals surface area contributed by atoms with Crippen LogP contribution in [0, 0.1) is 11.8 Å². The third kappa shape index (κ3) is 12.6. The van der Waals surface area contributed by atoms with Crippen molar-refractivity contribution in [3.63, 3.8) is 0 Å². The number of ether oxygens (including phenoxy) is 1. The number of isothiocyanates is 1. The molecule has 0 radical (unpaired) electrons. The Kier molecular flexibility index (Phi) is 13.0. The molecule has 198 valence electrons. The fourth-order valence-electron chi connectivity index (χ4n) is 3.51. The molecular formula is C26H38N4O5S. The summed E-state index contributed by atoms with van der Waals surface area (Å²) in [7, 11) is 0. The van der Waals surface area contributed by atoms with Gasteiger partial charge in [-0.2, -0.15) is 0 Å². The minimum atomic E-state index is -0.786. The molecule has 0 aliphatic rings. The highest BCUT2D eigenvalue weighted by atomic mass is 32.1. The first-order valence-electron chi connectivity index (χ1n) is 12.0. The molecule has 1 aromatic rings. The number of hydrogen-bond donors (Lipinski definition) is 3. The molecule has 9 nitrogen and oxygen atoms in total. The van der Waals surface area contributed by atoms with Crippen molar-refractivity contribution in [2.75, 3.05) is 6.54 Å². The lowest BCUT2D eigenvalue weighted by molar-refractivity contribution is -0.158. The summed E-state index contributed by atoms with van der Waals surface area (Å²) in [5.74, 6) is -1.83. The summed E-state index contributed by atoms with van der Waals surface area (Å²) >= 11 is 4.58. The summed E-state index contributed by atoms with van der Waals surface area (Å²) in [6.07, 6.45) is 0.774. The second-order valence-corrected chi connectivity index (χ2v) is 10.2. The van der Waals surface area contributed by atoms with Crippen LogP contribution in [0.5, 0.6) is 0 Å². The van der Waals surface area contributed by atoms with E-state index < -0.39 is 29.6 Å². The topological polar surface area (TPSA) is 140 Å². The zero-order valence-electron chi connectivity index (χ0n) is 21.8. The summed E-state index contributed by atoms with van der Waals surface area (Å²) in [6.45, 7) is 9.67. The van der Waals surface area contributed by atoms with E-state index in [0.29, 0.717) is 19.4 Å². The molecule has 0 aromatic heterocycles. The number of benzene rings is 1. The minimum absolute atomic E-state index is 0.0867. The number of primary amides is 1. The molecule has 2 atom stereocenters. The van der Waals surface area contributed by atoms with Gasteiger partial charge in [-0.25, -0.2) is 9.79 Å². The quantitative estimate of drug-likeness (QED) is 0.149. The van der Waals surface area contributed by atoms with Crippen molar-refractivity contribution in [3.8, 4) is 0 Å². The number of carbonyl (C=O) groups excluding carboxylic acids is 4. The number of esters is 1. The Morgan fingerprint density at radius 3 is 2.25 bits per heavy atom. The van der Waals surface area contributed by atoms with Crippen molar-refractivity contribution >= 4 is 41.1 Å². The lowest BCUT2D eigenvalue weighted by atomic mass is 9.90. The number of hydrogen-bond acceptors (Lipinski definition) is 7. The van der Waals surface area contributed by atoms with Crippen LogP contribution < -0.4 is 16.4 Å². The van der Waals surface area contributed by atoms with Gasteiger partial charge in [-0.05, 0) is 62.9 Å². The first kappa shape index (κ1) is 30.9. The average molecular weight is 519 g/mol. The Balaban J connectivity index is 2.95. The lowest BCUT2D eigenvalue weighted by Gasteiger charge is -2.26. The Labute approximate surface area is 218 Å². The van der Waals surface area contributed by atoms with Crippen molar-refractivity contribution in [1.82, 2.24) is 10.6 Å². The highest BCUT2D eigenvalue weighted by molar-refractivity contribution is 7.78. The van der Waals surface area contributed by atoms with Gasteiger partial charge >= 0.3 is 12.0 Å². The monoisotopic (exact) mass is 518 g/mol. The first-order valence-corrected chi connectivity index (χ1v) is 12.4. The molecule has 0 aliphatic heterocycles. The SMILES string of the molecule is CC(C)[C@H](CC(=O)OC(C)(C)C)C(=O)N[C@@H](CCCNC(N)=O)C(=O)Cc1ccc(CN=C=S)cc1. The molecular weight excluding hydrogens is 480 g/mol. The highest BCUT2D eigenvalue weighted by Crippen LogP contribution is 2.20. The van der Waals surface area contributed by atoms with Crippen LogP contribution in [0.2, 0.25) is 0 Å². The van der Waals surface area contributed by atoms with Crippen LogP contribution in [0.3, 0.4) is 0 Å². The van der Waals surface area contributed by atoms with E-state index in [1.54, 1.807) is 20.8 Å². The third-order valence-corrected chi connectivity index (χ3v) is 5.48. The summed E-state index contributed by atoms with van der Waals surface area (Å²) in [4.78, 5) is 53.6. The van der Waals surface area contributed by atoms with Crippen molar-refractivity contribution in [2.24, 2.45) is 22.6 Å². The maximum Gasteiger partial charge on any atom is 0.312 e. The number of nitrogens with zero attached hydrogens (tertiary/aromatic N) is 1. The largest absolute Gasteiger partial charge is 0.460 e. The van der Waals surface area contributed by atoms with Crippen molar-refractivity contribution in [2.45, 2.75) is 78.5 Å². The Bertz CT molecular complexity index is 950. The van der Waals surface area contributed by atoms with Gasteiger partial charge in [0.1, 0.15) is 5.60 Å². The van der Waals surface area contributed by atoms with Crippen LogP contribution in [-0.4, -0.2) is 47.0 Å². The molecule has 0 heterocycles. The van der Waals surface area contributed by atoms with E-state index in [9.17, 15) is 19.2 Å². The Hall–Kier alpha value is -3.10. The fourth-order valence-corrected chi connectivity index (χ4v) is 3.58. The molecule has 0 aliphatic carbocycles. The van der Waals surface area contributed by atoms with Gasteiger partial charge in [0.05, 0.1) is 30.1 Å². The third-order valence-electron chi connectivity index (χ3n) is 5.35. The predicted octanol–water partition coefficient (Wildman–Crippen LogP) is 3.34. The van der Waals surface area contributed by atoms with Crippen LogP contribution in [-0.2, 0) is 32.1 Å². The van der Waals surface area contributed by atoms with Gasteiger partial charge in [-0.15, -0.1) is 0 Å². The van der Waals surface area contributed by atoms with Gasteiger partial charge < -0.3 is 21.1 Å². The number of urea groups is 1. The average Bonchev–Trinajstić information content (AvgIpc) is 2.77. The number of thiocarbonyl (C=S) groups is 1. The van der Waals surface area contributed by atoms with Crippen LogP contribution in [0.25, 0.3) is 0 Å². The van der Waals surface area contributed by atoms with Crippen LogP contribution >= 0.6 is 12.2 Å². The molecule has 3 amide bonds. The normalized spacial score (nSPS) is 12.7. The number of nitrogens with one attached hydrogen (secondary N) is 2. The van der Waals surface area contributed by atoms with Gasteiger partial charge in [0.15, 0.2) is 5.78 Å². The van der Waals surface area contributed by atoms with Crippen molar-refractivity contribution in [1.29, 1.82) is 0 Å². The van der Waals surface area contributed by atoms with Crippen molar-refractivity contribution < 1.29 is 23.9 Å². The number of carbonyl (C=O) groups is 4. The molecule has 0 fully saturated rings. The van der Waals surface area contributed by atoms with E-state index >= 15 is 0 Å². The first-order chi connectivity index (χ1) is 16.8. The second-order valence-electron chi connectivity index (χ2n) is 10.0. The Morgan fingerprint density at radius 2 is 1.72 bits per heavy atom. The van der Waals surface area contributed by atoms with E-state index in [-0.39, 0.29) is 37.0 Å². The van der Waals surface area contributed by atoms with Crippen LogP contribution in [0.15, 0.2) is 29.3 Å². The van der Waals surface area contributed by atoms with E-state index in [4.69, 9.17) is 10.5 Å². The molecule has 1 aromatic carbocycles. The molecule has 36 heavy (non-hydrogen) atoms. The summed E-state index contributed by atoms with van der Waals surface area (Å²) in [6, 6.07) is 5.94. The Morgan fingerprint density at radius 1 is 1.11 bits per heavy atom. The fraction of sp³-hybridized carbons (Fsp3) is 0.577. The molecule has 0 bridgehead atoms. The van der Waals surface area contributed by atoms with Crippen LogP contribution in [0.1, 0.15) is 65.0 Å². The standard InChI is InChI=1S/C26H38N4O5S/c1-17(2)20(14-23(32)35-26(3,4)5)24(33)30-21(7-6-12-29-25(27)34)22(31)13-18-8-10-19(11-9-18)15-28-16-36/h8-11,17,20-21H,6-7,12-15H2,1-5H3,(H,30,33)(H3,27,29,34)/t20-,21-/m0/s1. The molecule has 0 saturated heterocycles. The lowest BCUT2D eigenvalue weighted by Crippen LogP contribution is -2.46. The highest BCUT2D eigenvalue weighted by Gasteiger charge is 2.30. The van der Waals surface area contributed by atoms with Gasteiger partial charge in [-0.3, -0.25) is 14.4 Å². The number of amides is 3. The van der Waals surface area contributed by atoms with E-state index in [2.05, 4.69) is 33.0 Å². The van der Waals surface area contributed by atoms with Gasteiger partial charge in [0.2, 0.25) is 5.91 Å². The maximum absolute atomic E-state index is 13.2. The summed E-state index contributed by atoms with van der Waals surface area (Å²) in [5, 5.41) is 7.64. The maximum atomic E-state index is 13.2. The van der Waals surface area contributed by atoms with Gasteiger partial charge in [0, 0.05) is 13.0 Å². The molecule has 1 rings (SSSR count). The van der Waals surface area contributed by atoms with E-state index in [1.807, 2.05) is 38.1 Å². The predicted molar refractivity (Wildman–Crippen MR) is 141 cm³/mol. The molecule has 10 heteroatoms. The second kappa shape index (κ2) is 15.1. The van der Waals surface area contributed by atoms with Gasteiger partial charge in [0.25, 0.3) is 0 Å². The molecule has 0 spiro atoms. The number of aliphatic imine (C=N–C) groups is 1. The molecule has 0 unspecified atom stereocenters. The van der Waals surface area contributed by atoms with Crippen LogP contribution in [0.4, 0.5) is 4.79 Å². The zero-order chi connectivity index (χ0) is 27.3. The smallest absolute Gasteiger partial charge is 0.312 e. The number of rotatable bonds is 14. The summed E-state index contributed by atoms with van der Waals surface area (Å²) in [5.41, 5.74) is 6.18. The van der Waals surface area contributed by atoms with Gasteiger partial charge in [-0.1, -0.05) is 38.1 Å². The summed E-state index contributed by atoms with van der Waals surface area (Å²) < 4.78 is 5.38. The minimum Gasteiger partial charge on any atom is -0.460 e. The number of ketones is 1. The molecule has 0 saturated carbocycles. The van der Waals surface area contributed by atoms with E-state index in [1.165, 1.54) is 0 Å².